The molecule has 0 aliphatic carbocycles. The first-order valence-electron chi connectivity index (χ1n) is 15.2. The summed E-state index contributed by atoms with van der Waals surface area (Å²) in [5, 5.41) is 22.6. The van der Waals surface area contributed by atoms with Crippen LogP contribution in [0.25, 0.3) is 0 Å². The number of rotatable bonds is 5. The van der Waals surface area contributed by atoms with Gasteiger partial charge in [-0.1, -0.05) is 108 Å². The van der Waals surface area contributed by atoms with E-state index in [0.717, 1.165) is 48.2 Å². The number of phenolic OH excluding ortho intramolecular Hbond substituents is 2. The van der Waals surface area contributed by atoms with Crippen LogP contribution in [0.15, 0.2) is 29.3 Å². The van der Waals surface area contributed by atoms with E-state index in [1.807, 2.05) is 6.21 Å². The molecule has 3 rings (SSSR count). The van der Waals surface area contributed by atoms with E-state index in [1.54, 1.807) is 0 Å². The van der Waals surface area contributed by atoms with Crippen molar-refractivity contribution in [3.8, 4) is 11.5 Å². The van der Waals surface area contributed by atoms with Gasteiger partial charge in [0.15, 0.2) is 0 Å². The Morgan fingerprint density at radius 1 is 0.725 bits per heavy atom. The van der Waals surface area contributed by atoms with Crippen molar-refractivity contribution >= 4 is 6.21 Å². The van der Waals surface area contributed by atoms with Crippen LogP contribution >= 0.6 is 0 Å². The third kappa shape index (κ3) is 7.69. The highest BCUT2D eigenvalue weighted by Gasteiger charge is 2.29. The number of hydrogen-bond acceptors (Lipinski definition) is 4. The van der Waals surface area contributed by atoms with Crippen LogP contribution in [0.5, 0.6) is 11.5 Å². The molecule has 2 N–H and O–H groups in total. The number of likely N-dealkylation sites (tertiary alicyclic amines) is 1. The van der Waals surface area contributed by atoms with Crippen LogP contribution in [0.3, 0.4) is 0 Å². The Balaban J connectivity index is 1.91. The fourth-order valence-electron chi connectivity index (χ4n) is 5.55. The smallest absolute Gasteiger partial charge is 0.128 e. The van der Waals surface area contributed by atoms with Crippen LogP contribution in [0.4, 0.5) is 0 Å². The van der Waals surface area contributed by atoms with Crippen molar-refractivity contribution in [1.82, 2.24) is 4.90 Å². The van der Waals surface area contributed by atoms with Crippen LogP contribution in [-0.2, 0) is 28.2 Å². The van der Waals surface area contributed by atoms with E-state index >= 15 is 0 Å². The summed E-state index contributed by atoms with van der Waals surface area (Å²) in [5.74, 6) is 0.773. The van der Waals surface area contributed by atoms with Gasteiger partial charge in [0.25, 0.3) is 0 Å². The lowest BCUT2D eigenvalue weighted by molar-refractivity contribution is 0.144. The molecule has 1 atom stereocenters. The molecule has 1 heterocycles. The van der Waals surface area contributed by atoms with Gasteiger partial charge in [-0.3, -0.25) is 9.89 Å². The third-order valence-corrected chi connectivity index (χ3v) is 8.35. The molecule has 4 heteroatoms. The first-order valence-corrected chi connectivity index (χ1v) is 15.2. The number of aromatic hydroxyl groups is 2. The summed E-state index contributed by atoms with van der Waals surface area (Å²) in [6.07, 6.45) is 5.32. The van der Waals surface area contributed by atoms with E-state index in [1.165, 1.54) is 17.5 Å². The lowest BCUT2D eigenvalue weighted by Gasteiger charge is -2.36. The summed E-state index contributed by atoms with van der Waals surface area (Å²) < 4.78 is 0. The molecule has 2 aromatic rings. The Kier molecular flexibility index (Phi) is 9.26. The molecule has 1 aliphatic heterocycles. The Morgan fingerprint density at radius 2 is 1.25 bits per heavy atom. The quantitative estimate of drug-likeness (QED) is 0.367. The molecule has 0 bridgehead atoms. The minimum atomic E-state index is -0.163. The zero-order valence-electron chi connectivity index (χ0n) is 27.5. The fraction of sp³-hybridized carbons (Fsp3) is 0.639. The maximum atomic E-state index is 11.4. The maximum Gasteiger partial charge on any atom is 0.128 e. The molecule has 0 saturated carbocycles. The van der Waals surface area contributed by atoms with E-state index in [9.17, 15) is 10.2 Å². The molecule has 0 amide bonds. The summed E-state index contributed by atoms with van der Waals surface area (Å²) in [5.41, 5.74) is 5.94. The molecular weight excluding hydrogens is 492 g/mol. The fourth-order valence-corrected chi connectivity index (χ4v) is 5.55. The molecule has 1 aliphatic rings. The van der Waals surface area contributed by atoms with Gasteiger partial charge in [-0.05, 0) is 63.8 Å². The Morgan fingerprint density at radius 3 is 1.77 bits per heavy atom. The number of benzene rings is 2. The maximum absolute atomic E-state index is 11.4. The molecular formula is C36H56N2O2. The van der Waals surface area contributed by atoms with Gasteiger partial charge in [-0.15, -0.1) is 0 Å². The molecule has 0 spiro atoms. The van der Waals surface area contributed by atoms with Gasteiger partial charge in [0.05, 0.1) is 6.54 Å². The minimum Gasteiger partial charge on any atom is -0.507 e. The second-order valence-corrected chi connectivity index (χ2v) is 16.1. The normalized spacial score (nSPS) is 18.1. The number of hydrogen-bond donors (Lipinski definition) is 2. The van der Waals surface area contributed by atoms with Crippen LogP contribution < -0.4 is 0 Å². The molecule has 4 nitrogen and oxygen atoms in total. The number of aliphatic imine (C=N–C) groups is 1. The van der Waals surface area contributed by atoms with E-state index in [-0.39, 0.29) is 21.7 Å². The molecule has 0 aromatic heterocycles. The first kappa shape index (κ1) is 32.2. The molecule has 0 radical (unpaired) electrons. The summed E-state index contributed by atoms with van der Waals surface area (Å²) in [7, 11) is 0. The molecule has 40 heavy (non-hydrogen) atoms. The van der Waals surface area contributed by atoms with Crippen molar-refractivity contribution in [2.75, 3.05) is 13.1 Å². The number of piperidine rings is 1. The van der Waals surface area contributed by atoms with E-state index in [4.69, 9.17) is 4.99 Å². The zero-order valence-corrected chi connectivity index (χ0v) is 27.5. The van der Waals surface area contributed by atoms with Crippen LogP contribution in [0, 0.1) is 0 Å². The van der Waals surface area contributed by atoms with E-state index in [2.05, 4.69) is 112 Å². The van der Waals surface area contributed by atoms with Gasteiger partial charge in [0.2, 0.25) is 0 Å². The van der Waals surface area contributed by atoms with Crippen molar-refractivity contribution in [3.63, 3.8) is 0 Å². The minimum absolute atomic E-state index is 0.00352. The molecule has 0 unspecified atom stereocenters. The van der Waals surface area contributed by atoms with Crippen LogP contribution in [0.2, 0.25) is 0 Å². The van der Waals surface area contributed by atoms with Gasteiger partial charge in [0, 0.05) is 35.5 Å². The van der Waals surface area contributed by atoms with Gasteiger partial charge < -0.3 is 10.2 Å². The lowest BCUT2D eigenvalue weighted by atomic mass is 9.78. The number of phenols is 2. The Bertz CT molecular complexity index is 1210. The Hall–Kier alpha value is -2.33. The van der Waals surface area contributed by atoms with Gasteiger partial charge >= 0.3 is 0 Å². The lowest BCUT2D eigenvalue weighted by Crippen LogP contribution is -2.41. The molecule has 222 valence electrons. The second kappa shape index (κ2) is 11.5. The topological polar surface area (TPSA) is 56.1 Å². The number of nitrogens with zero attached hydrogens (tertiary/aromatic N) is 2. The Labute approximate surface area is 244 Å². The third-order valence-electron chi connectivity index (χ3n) is 8.35. The van der Waals surface area contributed by atoms with Gasteiger partial charge in [0.1, 0.15) is 11.5 Å². The largest absolute Gasteiger partial charge is 0.507 e. The van der Waals surface area contributed by atoms with Crippen molar-refractivity contribution in [2.24, 2.45) is 4.99 Å². The second-order valence-electron chi connectivity index (χ2n) is 16.1. The predicted molar refractivity (Wildman–Crippen MR) is 172 cm³/mol. The van der Waals surface area contributed by atoms with Crippen molar-refractivity contribution in [3.05, 3.63) is 57.6 Å². The molecule has 2 aromatic carbocycles. The average Bonchev–Trinajstić information content (AvgIpc) is 2.79. The summed E-state index contributed by atoms with van der Waals surface area (Å²) >= 11 is 0. The van der Waals surface area contributed by atoms with Gasteiger partial charge in [-0.25, -0.2) is 0 Å². The summed E-state index contributed by atoms with van der Waals surface area (Å²) in [4.78, 5) is 7.41. The van der Waals surface area contributed by atoms with E-state index < -0.39 is 0 Å². The van der Waals surface area contributed by atoms with E-state index in [0.29, 0.717) is 24.1 Å². The molecule has 1 saturated heterocycles. The summed E-state index contributed by atoms with van der Waals surface area (Å²) in [6, 6.07) is 8.96. The van der Waals surface area contributed by atoms with Crippen LogP contribution in [0.1, 0.15) is 136 Å². The standard InChI is InChI=1S/C36H56N2O2/c1-33(2,3)26-17-24(31(39)29(19-26)35(7,8)9)21-37-22-28-15-13-14-16-38(28)23-25-18-27(34(4,5)6)20-30(32(25)40)36(10,11)12/h17-21,28,39-40H,13-16,22-23H2,1-12H3/t28-/m1/s1. The van der Waals surface area contributed by atoms with Crippen molar-refractivity contribution < 1.29 is 10.2 Å². The van der Waals surface area contributed by atoms with Gasteiger partial charge in [-0.2, -0.15) is 0 Å². The van der Waals surface area contributed by atoms with Crippen molar-refractivity contribution in [2.45, 2.75) is 137 Å². The summed E-state index contributed by atoms with van der Waals surface area (Å²) in [6.45, 7) is 28.7. The zero-order chi connectivity index (χ0) is 30.3. The highest BCUT2D eigenvalue weighted by molar-refractivity contribution is 5.85. The molecule has 1 fully saturated rings. The SMILES string of the molecule is CC(C)(C)c1cc(C=NC[C@H]2CCCCN2Cc2cc(C(C)(C)C)cc(C(C)(C)C)c2O)c(O)c(C(C)(C)C)c1. The van der Waals surface area contributed by atoms with Crippen molar-refractivity contribution in [1.29, 1.82) is 0 Å². The monoisotopic (exact) mass is 548 g/mol. The first-order chi connectivity index (χ1) is 18.2. The highest BCUT2D eigenvalue weighted by atomic mass is 16.3. The average molecular weight is 549 g/mol. The van der Waals surface area contributed by atoms with Crippen LogP contribution in [-0.4, -0.2) is 40.5 Å². The predicted octanol–water partition coefficient (Wildman–Crippen LogP) is 8.76. The highest BCUT2D eigenvalue weighted by Crippen LogP contribution is 2.39.